The Labute approximate surface area is 106 Å². The van der Waals surface area contributed by atoms with Gasteiger partial charge in [0.15, 0.2) is 0 Å². The number of hydrogen-bond donors (Lipinski definition) is 1. The van der Waals surface area contributed by atoms with Crippen LogP contribution >= 0.6 is 0 Å². The van der Waals surface area contributed by atoms with Crippen LogP contribution in [0, 0.1) is 0 Å². The molecule has 2 heterocycles. The first-order valence-corrected chi connectivity index (χ1v) is 5.33. The molecular formula is C11H10F3N3O2. The molecule has 8 heteroatoms. The molecule has 0 radical (unpaired) electrons. The summed E-state index contributed by atoms with van der Waals surface area (Å²) < 4.78 is 38.7. The molecule has 102 valence electrons. The number of aliphatic hydroxyl groups is 1. The highest BCUT2D eigenvalue weighted by Crippen LogP contribution is 2.40. The third-order valence-corrected chi connectivity index (χ3v) is 2.70. The van der Waals surface area contributed by atoms with E-state index in [-0.39, 0.29) is 16.3 Å². The lowest BCUT2D eigenvalue weighted by atomic mass is 10.1. The van der Waals surface area contributed by atoms with Gasteiger partial charge in [-0.05, 0) is 19.1 Å². The maximum Gasteiger partial charge on any atom is 0.438 e. The summed E-state index contributed by atoms with van der Waals surface area (Å²) in [4.78, 5) is 15.6. The van der Waals surface area contributed by atoms with Crippen LogP contribution in [0.5, 0.6) is 0 Å². The zero-order valence-corrected chi connectivity index (χ0v) is 9.85. The first-order valence-electron chi connectivity index (χ1n) is 5.33. The molecule has 19 heavy (non-hydrogen) atoms. The number of carbonyl (C=O) groups is 1. The molecule has 2 rings (SSSR count). The molecule has 1 aliphatic rings. The third-order valence-electron chi connectivity index (χ3n) is 2.70. The van der Waals surface area contributed by atoms with Crippen LogP contribution in [0.1, 0.15) is 23.7 Å². The highest BCUT2D eigenvalue weighted by molar-refractivity contribution is 5.97. The summed E-state index contributed by atoms with van der Waals surface area (Å²) in [6.45, 7) is 1.32. The second-order valence-electron chi connectivity index (χ2n) is 4.18. The standard InChI is InChI=1S/C11H10F3N3O2/c1-7-6-10(19,11(12,13)14)17(16-7)9(18)8-2-4-15-5-3-8/h2-5,19H,6H2,1H3/t10-/m1/s1. The van der Waals surface area contributed by atoms with E-state index >= 15 is 0 Å². The van der Waals surface area contributed by atoms with Crippen molar-refractivity contribution in [3.8, 4) is 0 Å². The number of halogens is 3. The van der Waals surface area contributed by atoms with Gasteiger partial charge in [0.25, 0.3) is 11.6 Å². The minimum atomic E-state index is -4.99. The van der Waals surface area contributed by atoms with E-state index in [4.69, 9.17) is 0 Å². The van der Waals surface area contributed by atoms with Crippen LogP contribution < -0.4 is 0 Å². The lowest BCUT2D eigenvalue weighted by molar-refractivity contribution is -0.297. The number of amides is 1. The van der Waals surface area contributed by atoms with Crippen LogP contribution in [0.4, 0.5) is 13.2 Å². The lowest BCUT2D eigenvalue weighted by Crippen LogP contribution is -2.56. The monoisotopic (exact) mass is 273 g/mol. The van der Waals surface area contributed by atoms with Crippen molar-refractivity contribution in [2.45, 2.75) is 25.2 Å². The van der Waals surface area contributed by atoms with E-state index in [2.05, 4.69) is 10.1 Å². The Bertz CT molecular complexity index is 530. The zero-order valence-electron chi connectivity index (χ0n) is 9.85. The first-order chi connectivity index (χ1) is 8.75. The summed E-state index contributed by atoms with van der Waals surface area (Å²) >= 11 is 0. The molecule has 1 N–H and O–H groups in total. The van der Waals surface area contributed by atoms with Crippen LogP contribution in [-0.4, -0.2) is 38.6 Å². The van der Waals surface area contributed by atoms with Crippen LogP contribution in [0.15, 0.2) is 29.6 Å². The van der Waals surface area contributed by atoms with Crippen LogP contribution in [0.25, 0.3) is 0 Å². The molecule has 5 nitrogen and oxygen atoms in total. The van der Waals surface area contributed by atoms with Gasteiger partial charge in [-0.1, -0.05) is 0 Å². The van der Waals surface area contributed by atoms with E-state index in [1.807, 2.05) is 0 Å². The molecule has 0 aliphatic carbocycles. The normalized spacial score (nSPS) is 23.4. The van der Waals surface area contributed by atoms with Gasteiger partial charge in [-0.3, -0.25) is 9.78 Å². The molecule has 1 aromatic rings. The van der Waals surface area contributed by atoms with Gasteiger partial charge in [0.1, 0.15) is 0 Å². The molecule has 1 atom stereocenters. The summed E-state index contributed by atoms with van der Waals surface area (Å²) in [5.41, 5.74) is -3.30. The van der Waals surface area contributed by atoms with Crippen molar-refractivity contribution < 1.29 is 23.1 Å². The summed E-state index contributed by atoms with van der Waals surface area (Å²) in [6, 6.07) is 2.50. The highest BCUT2D eigenvalue weighted by atomic mass is 19.4. The molecule has 1 aliphatic heterocycles. The molecule has 0 fully saturated rings. The van der Waals surface area contributed by atoms with E-state index < -0.39 is 24.2 Å². The molecule has 1 amide bonds. The molecule has 1 aromatic heterocycles. The van der Waals surface area contributed by atoms with Crippen molar-refractivity contribution in [1.29, 1.82) is 0 Å². The van der Waals surface area contributed by atoms with Crippen LogP contribution in [0.3, 0.4) is 0 Å². The van der Waals surface area contributed by atoms with Crippen LogP contribution in [-0.2, 0) is 0 Å². The quantitative estimate of drug-likeness (QED) is 0.844. The smallest absolute Gasteiger partial charge is 0.362 e. The number of alkyl halides is 3. The van der Waals surface area contributed by atoms with E-state index in [1.54, 1.807) is 0 Å². The SMILES string of the molecule is CC1=NN(C(=O)c2ccncc2)[C@](O)(C(F)(F)F)C1. The number of pyridine rings is 1. The van der Waals surface area contributed by atoms with Gasteiger partial charge in [-0.15, -0.1) is 0 Å². The number of hydrazone groups is 1. The van der Waals surface area contributed by atoms with Gasteiger partial charge < -0.3 is 5.11 Å². The molecular weight excluding hydrogens is 263 g/mol. The van der Waals surface area contributed by atoms with Crippen molar-refractivity contribution in [1.82, 2.24) is 9.99 Å². The largest absolute Gasteiger partial charge is 0.438 e. The molecule has 0 aromatic carbocycles. The lowest BCUT2D eigenvalue weighted by Gasteiger charge is -2.32. The second kappa shape index (κ2) is 4.30. The Morgan fingerprint density at radius 2 is 2.00 bits per heavy atom. The Kier molecular flexibility index (Phi) is 3.05. The number of hydrogen-bond acceptors (Lipinski definition) is 4. The molecule has 0 saturated carbocycles. The van der Waals surface area contributed by atoms with Gasteiger partial charge in [0, 0.05) is 30.1 Å². The van der Waals surface area contributed by atoms with Crippen molar-refractivity contribution in [3.63, 3.8) is 0 Å². The third kappa shape index (κ3) is 2.19. The zero-order chi connectivity index (χ0) is 14.3. The van der Waals surface area contributed by atoms with E-state index in [1.165, 1.54) is 31.5 Å². The number of aromatic nitrogens is 1. The maximum atomic E-state index is 12.9. The van der Waals surface area contributed by atoms with E-state index in [9.17, 15) is 23.1 Å². The fraction of sp³-hybridized carbons (Fsp3) is 0.364. The topological polar surface area (TPSA) is 65.8 Å². The Morgan fingerprint density at radius 1 is 1.42 bits per heavy atom. The van der Waals surface area contributed by atoms with Gasteiger partial charge in [-0.25, -0.2) is 0 Å². The minimum Gasteiger partial charge on any atom is -0.362 e. The summed E-state index contributed by atoms with van der Waals surface area (Å²) in [7, 11) is 0. The molecule has 0 bridgehead atoms. The number of rotatable bonds is 1. The average Bonchev–Trinajstić information content (AvgIpc) is 2.65. The minimum absolute atomic E-state index is 0.0298. The predicted molar refractivity (Wildman–Crippen MR) is 59.1 cm³/mol. The summed E-state index contributed by atoms with van der Waals surface area (Å²) in [5, 5.41) is 13.3. The van der Waals surface area contributed by atoms with Crippen LogP contribution in [0.2, 0.25) is 0 Å². The van der Waals surface area contributed by atoms with E-state index in [0.717, 1.165) is 0 Å². The molecule has 0 spiro atoms. The van der Waals surface area contributed by atoms with E-state index in [0.29, 0.717) is 0 Å². The summed E-state index contributed by atoms with van der Waals surface area (Å²) in [5.74, 6) is -1.03. The Hall–Kier alpha value is -1.96. The van der Waals surface area contributed by atoms with Gasteiger partial charge in [-0.2, -0.15) is 23.3 Å². The van der Waals surface area contributed by atoms with Gasteiger partial charge in [0.05, 0.1) is 0 Å². The highest BCUT2D eigenvalue weighted by Gasteiger charge is 2.62. The summed E-state index contributed by atoms with van der Waals surface area (Å²) in [6.07, 6.45) is -3.21. The number of carbonyl (C=O) groups excluding carboxylic acids is 1. The second-order valence-corrected chi connectivity index (χ2v) is 4.18. The van der Waals surface area contributed by atoms with Crippen molar-refractivity contribution in [2.75, 3.05) is 0 Å². The molecule has 0 unspecified atom stereocenters. The first kappa shape index (κ1) is 13.5. The number of nitrogens with zero attached hydrogens (tertiary/aromatic N) is 3. The molecule has 0 saturated heterocycles. The fourth-order valence-electron chi connectivity index (χ4n) is 1.77. The van der Waals surface area contributed by atoms with Crippen molar-refractivity contribution in [3.05, 3.63) is 30.1 Å². The Morgan fingerprint density at radius 3 is 2.53 bits per heavy atom. The van der Waals surface area contributed by atoms with Crippen molar-refractivity contribution >= 4 is 11.6 Å². The average molecular weight is 273 g/mol. The van der Waals surface area contributed by atoms with Crippen molar-refractivity contribution in [2.24, 2.45) is 5.10 Å². The van der Waals surface area contributed by atoms with Gasteiger partial charge in [0.2, 0.25) is 0 Å². The Balaban J connectivity index is 2.40. The predicted octanol–water partition coefficient (Wildman–Crippen LogP) is 1.55. The van der Waals surface area contributed by atoms with Gasteiger partial charge >= 0.3 is 6.18 Å². The fourth-order valence-corrected chi connectivity index (χ4v) is 1.77. The maximum absolute atomic E-state index is 12.9.